The molecule has 0 bridgehead atoms. The molecule has 0 heterocycles. The maximum Gasteiger partial charge on any atom is 0.260 e. The molecule has 1 rings (SSSR count). The van der Waals surface area contributed by atoms with E-state index in [4.69, 9.17) is 4.74 Å². The van der Waals surface area contributed by atoms with E-state index < -0.39 is 18.9 Å². The first-order valence-corrected chi connectivity index (χ1v) is 7.05. The fraction of sp³-hybridized carbons (Fsp3) is 0.462. The molecule has 0 spiro atoms. The van der Waals surface area contributed by atoms with Crippen molar-refractivity contribution in [3.05, 3.63) is 27.8 Å². The van der Waals surface area contributed by atoms with Crippen molar-refractivity contribution in [1.82, 2.24) is 4.90 Å². The van der Waals surface area contributed by atoms with E-state index in [1.807, 2.05) is 19.1 Å². The maximum atomic E-state index is 12.3. The first-order chi connectivity index (χ1) is 9.02. The zero-order valence-corrected chi connectivity index (χ0v) is 12.8. The molecule has 3 nitrogen and oxygen atoms in total. The Balaban J connectivity index is 2.49. The zero-order chi connectivity index (χ0) is 14.3. The summed E-state index contributed by atoms with van der Waals surface area (Å²) in [6, 6.07) is 7.19. The van der Waals surface area contributed by atoms with Crippen molar-refractivity contribution in [2.45, 2.75) is 19.8 Å². The minimum atomic E-state index is -2.52. The molecule has 0 N–H and O–H groups in total. The van der Waals surface area contributed by atoms with Crippen molar-refractivity contribution in [1.29, 1.82) is 0 Å². The van der Waals surface area contributed by atoms with Crippen molar-refractivity contribution in [2.75, 3.05) is 19.7 Å². The van der Waals surface area contributed by atoms with E-state index in [2.05, 4.69) is 22.6 Å². The Morgan fingerprint density at radius 3 is 2.53 bits per heavy atom. The highest BCUT2D eigenvalue weighted by molar-refractivity contribution is 14.1. The second-order valence-electron chi connectivity index (χ2n) is 3.97. The third kappa shape index (κ3) is 6.17. The van der Waals surface area contributed by atoms with Crippen LogP contribution in [0.4, 0.5) is 8.78 Å². The highest BCUT2D eigenvalue weighted by atomic mass is 127. The average Bonchev–Trinajstić information content (AvgIpc) is 2.37. The van der Waals surface area contributed by atoms with Gasteiger partial charge in [-0.15, -0.1) is 0 Å². The summed E-state index contributed by atoms with van der Waals surface area (Å²) < 4.78 is 31.0. The van der Waals surface area contributed by atoms with Crippen LogP contribution in [0.25, 0.3) is 0 Å². The Hall–Kier alpha value is -0.920. The summed E-state index contributed by atoms with van der Waals surface area (Å²) >= 11 is 2.16. The highest BCUT2D eigenvalue weighted by Crippen LogP contribution is 2.13. The molecule has 1 aromatic carbocycles. The lowest BCUT2D eigenvalue weighted by molar-refractivity contribution is -0.135. The standard InChI is InChI=1S/C13H16F2INO2/c1-2-7-17(8-12(14)15)13(18)9-19-11-5-3-10(16)4-6-11/h3-6,12H,2,7-9H2,1H3. The van der Waals surface area contributed by atoms with Crippen LogP contribution < -0.4 is 4.74 Å². The molecule has 0 atom stereocenters. The number of ether oxygens (including phenoxy) is 1. The molecule has 0 aliphatic rings. The normalized spacial score (nSPS) is 10.6. The van der Waals surface area contributed by atoms with Crippen molar-refractivity contribution in [2.24, 2.45) is 0 Å². The van der Waals surface area contributed by atoms with Crippen LogP contribution >= 0.6 is 22.6 Å². The molecule has 0 radical (unpaired) electrons. The van der Waals surface area contributed by atoms with Gasteiger partial charge in [0.1, 0.15) is 5.75 Å². The van der Waals surface area contributed by atoms with E-state index in [0.29, 0.717) is 18.7 Å². The monoisotopic (exact) mass is 383 g/mol. The smallest absolute Gasteiger partial charge is 0.260 e. The fourth-order valence-corrected chi connectivity index (χ4v) is 1.88. The van der Waals surface area contributed by atoms with Gasteiger partial charge < -0.3 is 9.64 Å². The Morgan fingerprint density at radius 2 is 2.00 bits per heavy atom. The minimum Gasteiger partial charge on any atom is -0.484 e. The first-order valence-electron chi connectivity index (χ1n) is 5.97. The molecule has 1 amide bonds. The lowest BCUT2D eigenvalue weighted by atomic mass is 10.3. The summed E-state index contributed by atoms with van der Waals surface area (Å²) in [5.74, 6) is 0.142. The summed E-state index contributed by atoms with van der Waals surface area (Å²) in [4.78, 5) is 12.9. The van der Waals surface area contributed by atoms with E-state index in [0.717, 1.165) is 8.47 Å². The van der Waals surface area contributed by atoms with Gasteiger partial charge in [-0.1, -0.05) is 6.92 Å². The summed E-state index contributed by atoms with van der Waals surface area (Å²) in [6.45, 7) is 1.40. The summed E-state index contributed by atoms with van der Waals surface area (Å²) in [7, 11) is 0. The number of rotatable bonds is 7. The molecule has 1 aromatic rings. The zero-order valence-electron chi connectivity index (χ0n) is 10.6. The van der Waals surface area contributed by atoms with Crippen LogP contribution in [0.2, 0.25) is 0 Å². The van der Waals surface area contributed by atoms with Gasteiger partial charge in [0.25, 0.3) is 12.3 Å². The SMILES string of the molecule is CCCN(CC(F)F)C(=O)COc1ccc(I)cc1. The third-order valence-corrected chi connectivity index (χ3v) is 3.10. The van der Waals surface area contributed by atoms with Crippen molar-refractivity contribution < 1.29 is 18.3 Å². The number of benzene rings is 1. The lowest BCUT2D eigenvalue weighted by Crippen LogP contribution is -2.38. The van der Waals surface area contributed by atoms with Gasteiger partial charge in [0.05, 0.1) is 6.54 Å². The predicted octanol–water partition coefficient (Wildman–Crippen LogP) is 3.17. The van der Waals surface area contributed by atoms with Crippen LogP contribution in [0.5, 0.6) is 5.75 Å². The number of nitrogens with zero attached hydrogens (tertiary/aromatic N) is 1. The molecule has 0 unspecified atom stereocenters. The van der Waals surface area contributed by atoms with Crippen molar-refractivity contribution >= 4 is 28.5 Å². The maximum absolute atomic E-state index is 12.3. The molecule has 0 aliphatic heterocycles. The Bertz CT molecular complexity index is 398. The lowest BCUT2D eigenvalue weighted by Gasteiger charge is -2.21. The molecule has 0 fully saturated rings. The number of amides is 1. The van der Waals surface area contributed by atoms with Gasteiger partial charge in [0, 0.05) is 10.1 Å². The van der Waals surface area contributed by atoms with Crippen molar-refractivity contribution in [3.8, 4) is 5.75 Å². The summed E-state index contributed by atoms with van der Waals surface area (Å²) in [5.41, 5.74) is 0. The van der Waals surface area contributed by atoms with E-state index in [-0.39, 0.29) is 6.61 Å². The summed E-state index contributed by atoms with van der Waals surface area (Å²) in [5, 5.41) is 0. The van der Waals surface area contributed by atoms with Gasteiger partial charge in [-0.25, -0.2) is 8.78 Å². The van der Waals surface area contributed by atoms with Crippen LogP contribution in [0, 0.1) is 3.57 Å². The van der Waals surface area contributed by atoms with Gasteiger partial charge in [0.2, 0.25) is 0 Å². The first kappa shape index (κ1) is 16.1. The van der Waals surface area contributed by atoms with Crippen LogP contribution in [0.15, 0.2) is 24.3 Å². The van der Waals surface area contributed by atoms with Gasteiger partial charge in [0.15, 0.2) is 6.61 Å². The quantitative estimate of drug-likeness (QED) is 0.677. The second-order valence-corrected chi connectivity index (χ2v) is 5.22. The molecular weight excluding hydrogens is 367 g/mol. The third-order valence-electron chi connectivity index (χ3n) is 2.38. The van der Waals surface area contributed by atoms with Gasteiger partial charge >= 0.3 is 0 Å². The molecule has 0 aromatic heterocycles. The topological polar surface area (TPSA) is 29.5 Å². The van der Waals surface area contributed by atoms with Gasteiger partial charge in [-0.05, 0) is 53.3 Å². The van der Waals surface area contributed by atoms with Crippen LogP contribution in [-0.4, -0.2) is 36.9 Å². The number of hydrogen-bond acceptors (Lipinski definition) is 2. The summed E-state index contributed by atoms with van der Waals surface area (Å²) in [6.07, 6.45) is -1.88. The Kier molecular flexibility index (Phi) is 7.04. The molecule has 0 saturated heterocycles. The van der Waals surface area contributed by atoms with E-state index in [1.54, 1.807) is 12.1 Å². The average molecular weight is 383 g/mol. The second kappa shape index (κ2) is 8.29. The Labute approximate surface area is 125 Å². The number of halogens is 3. The number of hydrogen-bond donors (Lipinski definition) is 0. The van der Waals surface area contributed by atoms with Gasteiger partial charge in [-0.2, -0.15) is 0 Å². The van der Waals surface area contributed by atoms with Crippen LogP contribution in [0.3, 0.4) is 0 Å². The van der Waals surface area contributed by atoms with E-state index in [1.165, 1.54) is 0 Å². The van der Waals surface area contributed by atoms with Crippen molar-refractivity contribution in [3.63, 3.8) is 0 Å². The van der Waals surface area contributed by atoms with E-state index in [9.17, 15) is 13.6 Å². The predicted molar refractivity (Wildman–Crippen MR) is 77.5 cm³/mol. The van der Waals surface area contributed by atoms with Crippen LogP contribution in [0.1, 0.15) is 13.3 Å². The molecule has 106 valence electrons. The largest absolute Gasteiger partial charge is 0.484 e. The molecule has 0 aliphatic carbocycles. The minimum absolute atomic E-state index is 0.215. The molecule has 0 saturated carbocycles. The number of alkyl halides is 2. The highest BCUT2D eigenvalue weighted by Gasteiger charge is 2.17. The number of carbonyl (C=O) groups is 1. The number of carbonyl (C=O) groups excluding carboxylic acids is 1. The van der Waals surface area contributed by atoms with E-state index >= 15 is 0 Å². The van der Waals surface area contributed by atoms with Gasteiger partial charge in [-0.3, -0.25) is 4.79 Å². The Morgan fingerprint density at radius 1 is 1.37 bits per heavy atom. The molecular formula is C13H16F2INO2. The molecule has 19 heavy (non-hydrogen) atoms. The van der Waals surface area contributed by atoms with Crippen LogP contribution in [-0.2, 0) is 4.79 Å². The molecule has 6 heteroatoms. The fourth-order valence-electron chi connectivity index (χ4n) is 1.52.